The first-order chi connectivity index (χ1) is 11.7. The first kappa shape index (κ1) is 15.2. The molecule has 4 heterocycles. The van der Waals surface area contributed by atoms with Crippen molar-refractivity contribution in [2.45, 2.75) is 19.9 Å². The van der Waals surface area contributed by atoms with Crippen molar-refractivity contribution in [3.63, 3.8) is 0 Å². The lowest BCUT2D eigenvalue weighted by atomic mass is 9.88. The lowest BCUT2D eigenvalue weighted by Crippen LogP contribution is -2.45. The molecule has 2 saturated heterocycles. The van der Waals surface area contributed by atoms with E-state index in [0.29, 0.717) is 5.92 Å². The second-order valence-corrected chi connectivity index (χ2v) is 6.71. The van der Waals surface area contributed by atoms with Gasteiger partial charge >= 0.3 is 0 Å². The lowest BCUT2D eigenvalue weighted by Gasteiger charge is -2.33. The first-order valence-corrected chi connectivity index (χ1v) is 8.42. The highest BCUT2D eigenvalue weighted by Gasteiger charge is 2.43. The van der Waals surface area contributed by atoms with Crippen LogP contribution in [0.15, 0.2) is 36.9 Å². The Morgan fingerprint density at radius 2 is 2.04 bits per heavy atom. The summed E-state index contributed by atoms with van der Waals surface area (Å²) in [4.78, 5) is 29.7. The molecule has 0 spiro atoms. The maximum atomic E-state index is 12.9. The van der Waals surface area contributed by atoms with Gasteiger partial charge in [-0.15, -0.1) is 0 Å². The second kappa shape index (κ2) is 6.28. The van der Waals surface area contributed by atoms with Crippen molar-refractivity contribution < 1.29 is 4.79 Å². The van der Waals surface area contributed by atoms with Gasteiger partial charge in [-0.1, -0.05) is 6.07 Å². The first-order valence-electron chi connectivity index (χ1n) is 8.42. The molecule has 0 unspecified atom stereocenters. The van der Waals surface area contributed by atoms with E-state index < -0.39 is 0 Å². The standard InChI is InChI=1S/C18H21N5O/c1-13-3-2-4-15(21-13)10-22-9-14-5-6-23(18(24)17(14)11-22)16-7-19-12-20-8-16/h2-4,7-8,12,14,17H,5-6,9-11H2,1H3/t14-,17-/m0/s1. The number of carbonyl (C=O) groups is 1. The van der Waals surface area contributed by atoms with Crippen molar-refractivity contribution in [2.24, 2.45) is 11.8 Å². The van der Waals surface area contributed by atoms with Gasteiger partial charge in [0, 0.05) is 31.9 Å². The van der Waals surface area contributed by atoms with E-state index in [9.17, 15) is 4.79 Å². The van der Waals surface area contributed by atoms with Gasteiger partial charge in [-0.25, -0.2) is 9.97 Å². The Bertz CT molecular complexity index is 735. The van der Waals surface area contributed by atoms with E-state index in [4.69, 9.17) is 0 Å². The van der Waals surface area contributed by atoms with Crippen LogP contribution in [-0.2, 0) is 11.3 Å². The third-order valence-corrected chi connectivity index (χ3v) is 5.01. The fourth-order valence-corrected chi connectivity index (χ4v) is 3.87. The summed E-state index contributed by atoms with van der Waals surface area (Å²) in [5.41, 5.74) is 2.92. The van der Waals surface area contributed by atoms with Gasteiger partial charge in [-0.3, -0.25) is 14.7 Å². The molecule has 2 aromatic rings. The number of likely N-dealkylation sites (tertiary alicyclic amines) is 1. The number of pyridine rings is 1. The van der Waals surface area contributed by atoms with Crippen LogP contribution in [0.25, 0.3) is 0 Å². The van der Waals surface area contributed by atoms with Crippen molar-refractivity contribution in [1.82, 2.24) is 19.9 Å². The van der Waals surface area contributed by atoms with E-state index in [1.54, 1.807) is 12.4 Å². The number of aryl methyl sites for hydroxylation is 1. The number of amides is 1. The van der Waals surface area contributed by atoms with Crippen LogP contribution < -0.4 is 4.90 Å². The monoisotopic (exact) mass is 323 g/mol. The van der Waals surface area contributed by atoms with Gasteiger partial charge in [0.25, 0.3) is 0 Å². The Labute approximate surface area is 141 Å². The van der Waals surface area contributed by atoms with Crippen LogP contribution in [0, 0.1) is 18.8 Å². The summed E-state index contributed by atoms with van der Waals surface area (Å²) in [6.45, 7) is 5.37. The van der Waals surface area contributed by atoms with E-state index in [2.05, 4.69) is 25.9 Å². The lowest BCUT2D eigenvalue weighted by molar-refractivity contribution is -0.124. The van der Waals surface area contributed by atoms with Gasteiger partial charge in [0.05, 0.1) is 29.7 Å². The topological polar surface area (TPSA) is 62.2 Å². The number of anilines is 1. The Morgan fingerprint density at radius 1 is 1.21 bits per heavy atom. The Morgan fingerprint density at radius 3 is 2.83 bits per heavy atom. The van der Waals surface area contributed by atoms with E-state index in [0.717, 1.165) is 49.7 Å². The van der Waals surface area contributed by atoms with Crippen LogP contribution in [-0.4, -0.2) is 45.4 Å². The van der Waals surface area contributed by atoms with Crippen molar-refractivity contribution in [1.29, 1.82) is 0 Å². The average molecular weight is 323 g/mol. The number of carbonyl (C=O) groups excluding carboxylic acids is 1. The zero-order valence-electron chi connectivity index (χ0n) is 13.8. The summed E-state index contributed by atoms with van der Waals surface area (Å²) in [5, 5.41) is 0. The van der Waals surface area contributed by atoms with Crippen LogP contribution in [0.5, 0.6) is 0 Å². The molecule has 24 heavy (non-hydrogen) atoms. The van der Waals surface area contributed by atoms with E-state index in [-0.39, 0.29) is 11.8 Å². The smallest absolute Gasteiger partial charge is 0.231 e. The third kappa shape index (κ3) is 2.89. The Kier molecular flexibility index (Phi) is 3.98. The molecular weight excluding hydrogens is 302 g/mol. The molecule has 2 atom stereocenters. The van der Waals surface area contributed by atoms with Crippen molar-refractivity contribution in [3.8, 4) is 0 Å². The molecule has 124 valence electrons. The third-order valence-electron chi connectivity index (χ3n) is 5.01. The number of rotatable bonds is 3. The summed E-state index contributed by atoms with van der Waals surface area (Å²) in [5.74, 6) is 0.729. The Balaban J connectivity index is 1.46. The highest BCUT2D eigenvalue weighted by atomic mass is 16.2. The van der Waals surface area contributed by atoms with Crippen LogP contribution in [0.3, 0.4) is 0 Å². The summed E-state index contributed by atoms with van der Waals surface area (Å²) < 4.78 is 0. The molecule has 0 bridgehead atoms. The molecule has 2 fully saturated rings. The minimum Gasteiger partial charge on any atom is -0.309 e. The molecule has 0 saturated carbocycles. The number of aromatic nitrogens is 3. The summed E-state index contributed by atoms with van der Waals surface area (Å²) in [7, 11) is 0. The van der Waals surface area contributed by atoms with Gasteiger partial charge in [-0.05, 0) is 31.4 Å². The number of hydrogen-bond acceptors (Lipinski definition) is 5. The number of fused-ring (bicyclic) bond motifs is 1. The maximum absolute atomic E-state index is 12.9. The number of hydrogen-bond donors (Lipinski definition) is 0. The van der Waals surface area contributed by atoms with Crippen molar-refractivity contribution in [2.75, 3.05) is 24.5 Å². The minimum atomic E-state index is 0.0729. The molecule has 0 radical (unpaired) electrons. The zero-order chi connectivity index (χ0) is 16.5. The van der Waals surface area contributed by atoms with Crippen molar-refractivity contribution >= 4 is 11.6 Å². The predicted molar refractivity (Wildman–Crippen MR) is 90.2 cm³/mol. The number of nitrogens with zero attached hydrogens (tertiary/aromatic N) is 5. The molecule has 6 nitrogen and oxygen atoms in total. The quantitative estimate of drug-likeness (QED) is 0.860. The molecular formula is C18H21N5O. The second-order valence-electron chi connectivity index (χ2n) is 6.71. The molecule has 6 heteroatoms. The molecule has 2 aliphatic rings. The summed E-state index contributed by atoms with van der Waals surface area (Å²) >= 11 is 0. The van der Waals surface area contributed by atoms with Crippen LogP contribution in [0.4, 0.5) is 5.69 Å². The largest absolute Gasteiger partial charge is 0.309 e. The highest BCUT2D eigenvalue weighted by Crippen LogP contribution is 2.34. The van der Waals surface area contributed by atoms with E-state index >= 15 is 0 Å². The number of piperidine rings is 1. The van der Waals surface area contributed by atoms with Gasteiger partial charge in [0.1, 0.15) is 6.33 Å². The van der Waals surface area contributed by atoms with Crippen LogP contribution in [0.2, 0.25) is 0 Å². The normalized spacial score (nSPS) is 24.2. The van der Waals surface area contributed by atoms with Crippen LogP contribution in [0.1, 0.15) is 17.8 Å². The SMILES string of the molecule is Cc1cccc(CN2C[C@@H]3CCN(c4cncnc4)C(=O)[C@H]3C2)n1. The van der Waals surface area contributed by atoms with Crippen LogP contribution >= 0.6 is 0 Å². The summed E-state index contributed by atoms with van der Waals surface area (Å²) in [6, 6.07) is 6.12. The highest BCUT2D eigenvalue weighted by molar-refractivity contribution is 5.96. The fourth-order valence-electron chi connectivity index (χ4n) is 3.87. The Hall–Kier alpha value is -2.34. The van der Waals surface area contributed by atoms with Gasteiger partial charge in [0.15, 0.2) is 0 Å². The molecule has 0 aliphatic carbocycles. The zero-order valence-corrected chi connectivity index (χ0v) is 13.8. The van der Waals surface area contributed by atoms with Gasteiger partial charge < -0.3 is 4.90 Å². The fraction of sp³-hybridized carbons (Fsp3) is 0.444. The summed E-state index contributed by atoms with van der Waals surface area (Å²) in [6.07, 6.45) is 5.96. The molecule has 2 aromatic heterocycles. The van der Waals surface area contributed by atoms with Crippen molar-refractivity contribution in [3.05, 3.63) is 48.3 Å². The molecule has 4 rings (SSSR count). The van der Waals surface area contributed by atoms with E-state index in [1.807, 2.05) is 24.0 Å². The average Bonchev–Trinajstić information content (AvgIpc) is 2.99. The van der Waals surface area contributed by atoms with E-state index in [1.165, 1.54) is 6.33 Å². The molecule has 0 aromatic carbocycles. The van der Waals surface area contributed by atoms with Gasteiger partial charge in [-0.2, -0.15) is 0 Å². The maximum Gasteiger partial charge on any atom is 0.231 e. The van der Waals surface area contributed by atoms with Gasteiger partial charge in [0.2, 0.25) is 5.91 Å². The predicted octanol–water partition coefficient (Wildman–Crippen LogP) is 1.66. The molecule has 1 amide bonds. The minimum absolute atomic E-state index is 0.0729. The molecule has 0 N–H and O–H groups in total. The molecule has 2 aliphatic heterocycles.